The van der Waals surface area contributed by atoms with Crippen LogP contribution in [0.25, 0.3) is 0 Å². The lowest BCUT2D eigenvalue weighted by molar-refractivity contribution is 0.527. The van der Waals surface area contributed by atoms with Gasteiger partial charge in [0.1, 0.15) is 0 Å². The van der Waals surface area contributed by atoms with Crippen LogP contribution in [0.15, 0.2) is 17.4 Å². The van der Waals surface area contributed by atoms with Gasteiger partial charge in [0.05, 0.1) is 24.7 Å². The van der Waals surface area contributed by atoms with Crippen LogP contribution in [0.5, 0.6) is 0 Å². The van der Waals surface area contributed by atoms with Crippen molar-refractivity contribution >= 4 is 5.96 Å². The fourth-order valence-corrected chi connectivity index (χ4v) is 2.54. The minimum Gasteiger partial charge on any atom is -0.355 e. The predicted octanol–water partition coefficient (Wildman–Crippen LogP) is 1.05. The molecule has 1 heterocycles. The van der Waals surface area contributed by atoms with Crippen molar-refractivity contribution in [3.63, 3.8) is 0 Å². The average Bonchev–Trinajstić information content (AvgIpc) is 3.06. The number of nitrogens with one attached hydrogen (secondary N) is 2. The Hall–Kier alpha value is -2.03. The summed E-state index contributed by atoms with van der Waals surface area (Å²) in [6.45, 7) is 3.57. The molecule has 0 amide bonds. The maximum Gasteiger partial charge on any atom is 0.191 e. The number of aromatic nitrogens is 2. The summed E-state index contributed by atoms with van der Waals surface area (Å²) in [7, 11) is 1.75. The third kappa shape index (κ3) is 3.73. The van der Waals surface area contributed by atoms with Crippen LogP contribution in [0.2, 0.25) is 0 Å². The summed E-state index contributed by atoms with van der Waals surface area (Å²) in [5, 5.41) is 19.9. The van der Waals surface area contributed by atoms with E-state index < -0.39 is 0 Å². The van der Waals surface area contributed by atoms with E-state index in [4.69, 9.17) is 5.26 Å². The average molecular weight is 274 g/mol. The molecule has 0 radical (unpaired) electrons. The maximum absolute atomic E-state index is 9.09. The van der Waals surface area contributed by atoms with Gasteiger partial charge >= 0.3 is 0 Å². The zero-order valence-electron chi connectivity index (χ0n) is 12.1. The molecule has 0 aromatic carbocycles. The molecule has 0 bridgehead atoms. The van der Waals surface area contributed by atoms with Gasteiger partial charge in [0.2, 0.25) is 0 Å². The summed E-state index contributed by atoms with van der Waals surface area (Å²) >= 11 is 0. The molecule has 108 valence electrons. The van der Waals surface area contributed by atoms with Crippen LogP contribution in [-0.4, -0.2) is 35.4 Å². The molecule has 1 fully saturated rings. The number of rotatable bonds is 4. The van der Waals surface area contributed by atoms with Gasteiger partial charge in [-0.1, -0.05) is 0 Å². The fourth-order valence-electron chi connectivity index (χ4n) is 2.54. The van der Waals surface area contributed by atoms with Gasteiger partial charge in [0.25, 0.3) is 0 Å². The molecule has 0 aliphatic heterocycles. The SMILES string of the molecule is CN=C(NCCn1cc(C)cn1)NC1CCCC1C#N. The second-order valence-electron chi connectivity index (χ2n) is 5.20. The van der Waals surface area contributed by atoms with Gasteiger partial charge in [-0.25, -0.2) is 0 Å². The van der Waals surface area contributed by atoms with Crippen molar-refractivity contribution in [3.05, 3.63) is 18.0 Å². The number of nitriles is 1. The normalized spacial score (nSPS) is 22.6. The van der Waals surface area contributed by atoms with Gasteiger partial charge in [0, 0.05) is 25.8 Å². The monoisotopic (exact) mass is 274 g/mol. The maximum atomic E-state index is 9.09. The number of hydrogen-bond donors (Lipinski definition) is 2. The third-order valence-corrected chi connectivity index (χ3v) is 3.62. The fraction of sp³-hybridized carbons (Fsp3) is 0.643. The Bertz CT molecular complexity index is 498. The lowest BCUT2D eigenvalue weighted by Gasteiger charge is -2.19. The minimum absolute atomic E-state index is 0.0994. The molecule has 20 heavy (non-hydrogen) atoms. The van der Waals surface area contributed by atoms with E-state index in [0.717, 1.165) is 43.9 Å². The molecule has 1 saturated carbocycles. The molecule has 1 aliphatic rings. The summed E-state index contributed by atoms with van der Waals surface area (Å²) in [5.41, 5.74) is 1.16. The van der Waals surface area contributed by atoms with Crippen LogP contribution in [0.4, 0.5) is 0 Å². The summed E-state index contributed by atoms with van der Waals surface area (Å²) in [5.74, 6) is 0.864. The van der Waals surface area contributed by atoms with Crippen molar-refractivity contribution in [1.82, 2.24) is 20.4 Å². The van der Waals surface area contributed by atoms with Crippen molar-refractivity contribution in [2.75, 3.05) is 13.6 Å². The molecule has 0 saturated heterocycles. The number of nitrogens with zero attached hydrogens (tertiary/aromatic N) is 4. The first kappa shape index (κ1) is 14.4. The Morgan fingerprint density at radius 1 is 1.60 bits per heavy atom. The minimum atomic E-state index is 0.0994. The molecule has 2 rings (SSSR count). The number of hydrogen-bond acceptors (Lipinski definition) is 3. The molecular weight excluding hydrogens is 252 g/mol. The van der Waals surface area contributed by atoms with Crippen molar-refractivity contribution in [3.8, 4) is 6.07 Å². The first-order valence-electron chi connectivity index (χ1n) is 7.09. The van der Waals surface area contributed by atoms with Crippen molar-refractivity contribution < 1.29 is 0 Å². The molecule has 1 aromatic rings. The Balaban J connectivity index is 1.77. The van der Waals surface area contributed by atoms with E-state index in [1.54, 1.807) is 7.05 Å². The van der Waals surface area contributed by atoms with E-state index in [1.807, 2.05) is 24.0 Å². The molecule has 2 unspecified atom stereocenters. The number of aliphatic imine (C=N–C) groups is 1. The highest BCUT2D eigenvalue weighted by molar-refractivity contribution is 5.80. The largest absolute Gasteiger partial charge is 0.355 e. The Morgan fingerprint density at radius 2 is 2.45 bits per heavy atom. The van der Waals surface area contributed by atoms with E-state index in [9.17, 15) is 0 Å². The smallest absolute Gasteiger partial charge is 0.191 e. The van der Waals surface area contributed by atoms with E-state index in [1.165, 1.54) is 0 Å². The molecule has 6 heteroatoms. The van der Waals surface area contributed by atoms with Crippen LogP contribution in [-0.2, 0) is 6.54 Å². The van der Waals surface area contributed by atoms with Crippen molar-refractivity contribution in [2.24, 2.45) is 10.9 Å². The molecule has 2 N–H and O–H groups in total. The van der Waals surface area contributed by atoms with E-state index in [-0.39, 0.29) is 12.0 Å². The van der Waals surface area contributed by atoms with Crippen molar-refractivity contribution in [2.45, 2.75) is 38.8 Å². The van der Waals surface area contributed by atoms with E-state index in [0.29, 0.717) is 0 Å². The molecule has 1 aromatic heterocycles. The lowest BCUT2D eigenvalue weighted by Crippen LogP contribution is -2.45. The zero-order valence-corrected chi connectivity index (χ0v) is 12.1. The summed E-state index contributed by atoms with van der Waals surface area (Å²) in [6.07, 6.45) is 7.00. The first-order chi connectivity index (χ1) is 9.72. The third-order valence-electron chi connectivity index (χ3n) is 3.62. The Morgan fingerprint density at radius 3 is 3.10 bits per heavy atom. The van der Waals surface area contributed by atoms with Crippen LogP contribution < -0.4 is 10.6 Å². The van der Waals surface area contributed by atoms with Crippen LogP contribution in [0.1, 0.15) is 24.8 Å². The predicted molar refractivity (Wildman–Crippen MR) is 78.2 cm³/mol. The standard InChI is InChI=1S/C14H22N6/c1-11-9-18-20(10-11)7-6-17-14(16-2)19-13-5-3-4-12(13)8-15/h9-10,12-13H,3-7H2,1-2H3,(H2,16,17,19). The molecule has 2 atom stereocenters. The van der Waals surface area contributed by atoms with Gasteiger partial charge in [-0.3, -0.25) is 9.67 Å². The highest BCUT2D eigenvalue weighted by Gasteiger charge is 2.27. The topological polar surface area (TPSA) is 78.0 Å². The van der Waals surface area contributed by atoms with E-state index in [2.05, 4.69) is 26.8 Å². The Labute approximate surface area is 119 Å². The number of aryl methyl sites for hydroxylation is 1. The van der Waals surface area contributed by atoms with Crippen molar-refractivity contribution in [1.29, 1.82) is 5.26 Å². The highest BCUT2D eigenvalue weighted by atomic mass is 15.3. The summed E-state index contributed by atoms with van der Waals surface area (Å²) in [6, 6.07) is 2.59. The van der Waals surface area contributed by atoms with E-state index >= 15 is 0 Å². The molecule has 0 spiro atoms. The highest BCUT2D eigenvalue weighted by Crippen LogP contribution is 2.24. The van der Waals surface area contributed by atoms with Crippen LogP contribution in [0.3, 0.4) is 0 Å². The molecular formula is C14H22N6. The number of guanidine groups is 1. The first-order valence-corrected chi connectivity index (χ1v) is 7.09. The van der Waals surface area contributed by atoms with Gasteiger partial charge in [-0.2, -0.15) is 10.4 Å². The van der Waals surface area contributed by atoms with Crippen LogP contribution >= 0.6 is 0 Å². The second-order valence-corrected chi connectivity index (χ2v) is 5.20. The van der Waals surface area contributed by atoms with Gasteiger partial charge in [0.15, 0.2) is 5.96 Å². The van der Waals surface area contributed by atoms with Crippen LogP contribution in [0, 0.1) is 24.2 Å². The quantitative estimate of drug-likeness (QED) is 0.635. The second kappa shape index (κ2) is 6.94. The van der Waals surface area contributed by atoms with Gasteiger partial charge in [-0.15, -0.1) is 0 Å². The van der Waals surface area contributed by atoms with Gasteiger partial charge in [-0.05, 0) is 31.7 Å². The zero-order chi connectivity index (χ0) is 14.4. The lowest BCUT2D eigenvalue weighted by atomic mass is 10.1. The molecule has 6 nitrogen and oxygen atoms in total. The summed E-state index contributed by atoms with van der Waals surface area (Å²) < 4.78 is 1.91. The molecule has 1 aliphatic carbocycles. The summed E-state index contributed by atoms with van der Waals surface area (Å²) in [4.78, 5) is 4.21. The Kier molecular flexibility index (Phi) is 4.99. The van der Waals surface area contributed by atoms with Gasteiger partial charge < -0.3 is 10.6 Å².